The molecule has 1 aromatic rings. The number of rotatable bonds is 6. The second-order valence-corrected chi connectivity index (χ2v) is 6.55. The molecule has 2 aliphatic heterocycles. The van der Waals surface area contributed by atoms with Gasteiger partial charge in [-0.15, -0.1) is 0 Å². The first-order chi connectivity index (χ1) is 12.5. The number of Topliss-reactive ketones (excluding diaryl/α,β-unsaturated/α-hetero) is 1. The van der Waals surface area contributed by atoms with E-state index in [1.54, 1.807) is 18.1 Å². The van der Waals surface area contributed by atoms with Gasteiger partial charge in [0.2, 0.25) is 0 Å². The van der Waals surface area contributed by atoms with Gasteiger partial charge in [0.1, 0.15) is 5.75 Å². The summed E-state index contributed by atoms with van der Waals surface area (Å²) in [4.78, 5) is 28.7. The molecule has 2 N–H and O–H groups in total. The minimum atomic E-state index is -0.626. The molecule has 26 heavy (non-hydrogen) atoms. The number of carbonyl (C=O) groups is 2. The number of benzene rings is 1. The summed E-state index contributed by atoms with van der Waals surface area (Å²) in [7, 11) is 1.55. The number of carbonyl (C=O) groups excluding carboxylic acids is 2. The van der Waals surface area contributed by atoms with Gasteiger partial charge < -0.3 is 20.1 Å². The predicted octanol–water partition coefficient (Wildman–Crippen LogP) is 0.885. The number of hydrogen-bond donors (Lipinski definition) is 2. The van der Waals surface area contributed by atoms with Gasteiger partial charge in [-0.3, -0.25) is 14.5 Å². The Labute approximate surface area is 153 Å². The number of piperazine rings is 1. The Morgan fingerprint density at radius 1 is 1.27 bits per heavy atom. The van der Waals surface area contributed by atoms with E-state index in [1.807, 2.05) is 18.2 Å². The third-order valence-electron chi connectivity index (χ3n) is 4.98. The zero-order chi connectivity index (χ0) is 18.7. The average molecular weight is 359 g/mol. The van der Waals surface area contributed by atoms with Crippen LogP contribution in [-0.4, -0.2) is 73.0 Å². The standard InChI is InChI=1S/C19H25N3O4/c1-13(23)16-17(14-5-3-4-6-15(14)26-2)22(19(25)18(16)24)12-11-21-9-7-20-8-10-21/h3-6,17,20,24H,7-12H2,1-2H3. The summed E-state index contributed by atoms with van der Waals surface area (Å²) in [6.07, 6.45) is 0. The van der Waals surface area contributed by atoms with Crippen molar-refractivity contribution in [2.75, 3.05) is 46.4 Å². The van der Waals surface area contributed by atoms with Gasteiger partial charge in [-0.2, -0.15) is 0 Å². The number of nitrogens with zero attached hydrogens (tertiary/aromatic N) is 2. The van der Waals surface area contributed by atoms with Crippen molar-refractivity contribution in [2.24, 2.45) is 0 Å². The Hall–Kier alpha value is -2.38. The quantitative estimate of drug-likeness (QED) is 0.785. The van der Waals surface area contributed by atoms with E-state index in [-0.39, 0.29) is 11.4 Å². The molecule has 140 valence electrons. The van der Waals surface area contributed by atoms with Crippen molar-refractivity contribution in [2.45, 2.75) is 13.0 Å². The minimum absolute atomic E-state index is 0.139. The lowest BCUT2D eigenvalue weighted by Gasteiger charge is -2.32. The molecule has 0 bridgehead atoms. The van der Waals surface area contributed by atoms with Crippen molar-refractivity contribution in [1.29, 1.82) is 0 Å². The minimum Gasteiger partial charge on any atom is -0.503 e. The number of ketones is 1. The van der Waals surface area contributed by atoms with Crippen LogP contribution in [0.15, 0.2) is 35.6 Å². The molecule has 1 fully saturated rings. The Morgan fingerprint density at radius 2 is 1.96 bits per heavy atom. The van der Waals surface area contributed by atoms with E-state index in [0.717, 1.165) is 26.2 Å². The number of nitrogens with one attached hydrogen (secondary N) is 1. The van der Waals surface area contributed by atoms with Gasteiger partial charge >= 0.3 is 0 Å². The molecule has 0 spiro atoms. The molecule has 1 unspecified atom stereocenters. The van der Waals surface area contributed by atoms with E-state index in [9.17, 15) is 14.7 Å². The monoisotopic (exact) mass is 359 g/mol. The molecule has 1 aromatic carbocycles. The van der Waals surface area contributed by atoms with Gasteiger partial charge in [0.15, 0.2) is 11.5 Å². The summed E-state index contributed by atoms with van der Waals surface area (Å²) in [5.74, 6) is -0.669. The first kappa shape index (κ1) is 18.4. The number of methoxy groups -OCH3 is 1. The zero-order valence-corrected chi connectivity index (χ0v) is 15.2. The van der Waals surface area contributed by atoms with Gasteiger partial charge in [-0.1, -0.05) is 18.2 Å². The number of hydrogen-bond acceptors (Lipinski definition) is 6. The van der Waals surface area contributed by atoms with Crippen LogP contribution in [0.25, 0.3) is 0 Å². The number of amides is 1. The summed E-state index contributed by atoms with van der Waals surface area (Å²) < 4.78 is 5.43. The largest absolute Gasteiger partial charge is 0.503 e. The third-order valence-corrected chi connectivity index (χ3v) is 4.98. The van der Waals surface area contributed by atoms with E-state index < -0.39 is 17.7 Å². The summed E-state index contributed by atoms with van der Waals surface area (Å²) in [5.41, 5.74) is 0.845. The highest BCUT2D eigenvalue weighted by molar-refractivity contribution is 6.08. The Kier molecular flexibility index (Phi) is 5.58. The van der Waals surface area contributed by atoms with Crippen molar-refractivity contribution in [3.05, 3.63) is 41.2 Å². The van der Waals surface area contributed by atoms with Crippen molar-refractivity contribution in [3.63, 3.8) is 0 Å². The summed E-state index contributed by atoms with van der Waals surface area (Å²) in [6, 6.07) is 6.67. The van der Waals surface area contributed by atoms with Crippen LogP contribution >= 0.6 is 0 Å². The van der Waals surface area contributed by atoms with Crippen molar-refractivity contribution in [3.8, 4) is 5.75 Å². The van der Waals surface area contributed by atoms with Crippen molar-refractivity contribution >= 4 is 11.7 Å². The Morgan fingerprint density at radius 3 is 2.62 bits per heavy atom. The smallest absolute Gasteiger partial charge is 0.290 e. The fourth-order valence-corrected chi connectivity index (χ4v) is 3.64. The van der Waals surface area contributed by atoms with Gasteiger partial charge in [0.05, 0.1) is 18.7 Å². The van der Waals surface area contributed by atoms with Crippen LogP contribution in [0.3, 0.4) is 0 Å². The van der Waals surface area contributed by atoms with Crippen LogP contribution in [0.2, 0.25) is 0 Å². The van der Waals surface area contributed by atoms with Crippen LogP contribution in [0.1, 0.15) is 18.5 Å². The molecule has 1 saturated heterocycles. The fraction of sp³-hybridized carbons (Fsp3) is 0.474. The summed E-state index contributed by atoms with van der Waals surface area (Å²) in [5, 5.41) is 13.6. The maximum atomic E-state index is 12.7. The summed E-state index contributed by atoms with van der Waals surface area (Å²) in [6.45, 7) is 6.18. The van der Waals surface area contributed by atoms with Crippen LogP contribution in [0.4, 0.5) is 0 Å². The van der Waals surface area contributed by atoms with Gasteiger partial charge in [0, 0.05) is 44.8 Å². The second-order valence-electron chi connectivity index (χ2n) is 6.55. The van der Waals surface area contributed by atoms with E-state index in [0.29, 0.717) is 24.4 Å². The molecule has 0 aliphatic carbocycles. The lowest BCUT2D eigenvalue weighted by Crippen LogP contribution is -2.47. The van der Waals surface area contributed by atoms with E-state index >= 15 is 0 Å². The molecule has 0 saturated carbocycles. The van der Waals surface area contributed by atoms with E-state index in [4.69, 9.17) is 4.74 Å². The number of para-hydroxylation sites is 1. The molecule has 3 rings (SSSR count). The Balaban J connectivity index is 1.91. The van der Waals surface area contributed by atoms with Crippen LogP contribution < -0.4 is 10.1 Å². The number of aliphatic hydroxyl groups excluding tert-OH is 1. The van der Waals surface area contributed by atoms with E-state index in [2.05, 4.69) is 10.2 Å². The Bertz CT molecular complexity index is 725. The molecule has 2 heterocycles. The maximum absolute atomic E-state index is 12.7. The number of aliphatic hydroxyl groups is 1. The lowest BCUT2D eigenvalue weighted by molar-refractivity contribution is -0.129. The molecular weight excluding hydrogens is 334 g/mol. The molecule has 1 atom stereocenters. The van der Waals surface area contributed by atoms with Crippen molar-refractivity contribution in [1.82, 2.24) is 15.1 Å². The van der Waals surface area contributed by atoms with Crippen LogP contribution in [-0.2, 0) is 9.59 Å². The van der Waals surface area contributed by atoms with E-state index in [1.165, 1.54) is 6.92 Å². The molecule has 0 aromatic heterocycles. The zero-order valence-electron chi connectivity index (χ0n) is 15.2. The first-order valence-electron chi connectivity index (χ1n) is 8.85. The van der Waals surface area contributed by atoms with Gasteiger partial charge in [-0.05, 0) is 13.0 Å². The van der Waals surface area contributed by atoms with Crippen LogP contribution in [0, 0.1) is 0 Å². The third kappa shape index (κ3) is 3.45. The topological polar surface area (TPSA) is 82.1 Å². The molecule has 0 radical (unpaired) electrons. The molecule has 1 amide bonds. The highest BCUT2D eigenvalue weighted by Crippen LogP contribution is 2.41. The normalized spacial score (nSPS) is 21.4. The van der Waals surface area contributed by atoms with Crippen molar-refractivity contribution < 1.29 is 19.4 Å². The molecule has 7 heteroatoms. The first-order valence-corrected chi connectivity index (χ1v) is 8.85. The predicted molar refractivity (Wildman–Crippen MR) is 97.1 cm³/mol. The fourth-order valence-electron chi connectivity index (χ4n) is 3.64. The van der Waals surface area contributed by atoms with Crippen LogP contribution in [0.5, 0.6) is 5.75 Å². The average Bonchev–Trinajstić information content (AvgIpc) is 2.91. The molecular formula is C19H25N3O4. The summed E-state index contributed by atoms with van der Waals surface area (Å²) >= 11 is 0. The maximum Gasteiger partial charge on any atom is 0.290 e. The SMILES string of the molecule is COc1ccccc1C1C(C(C)=O)=C(O)C(=O)N1CCN1CCNCC1. The highest BCUT2D eigenvalue weighted by atomic mass is 16.5. The molecule has 7 nitrogen and oxygen atoms in total. The van der Waals surface area contributed by atoms with Gasteiger partial charge in [-0.25, -0.2) is 0 Å². The lowest BCUT2D eigenvalue weighted by atomic mass is 9.96. The highest BCUT2D eigenvalue weighted by Gasteiger charge is 2.43. The number of ether oxygens (including phenoxy) is 1. The van der Waals surface area contributed by atoms with Gasteiger partial charge in [0.25, 0.3) is 5.91 Å². The second kappa shape index (κ2) is 7.88. The molecule has 2 aliphatic rings.